The lowest BCUT2D eigenvalue weighted by Gasteiger charge is -2.26. The fourth-order valence-electron chi connectivity index (χ4n) is 2.18. The third-order valence-corrected chi connectivity index (χ3v) is 3.85. The fraction of sp³-hybridized carbons (Fsp3) is 0.500. The summed E-state index contributed by atoms with van der Waals surface area (Å²) in [5, 5.41) is 19.9. The number of hydrogen-bond acceptors (Lipinski definition) is 3. The Hall–Kier alpha value is -1.91. The van der Waals surface area contributed by atoms with Gasteiger partial charge in [-0.2, -0.15) is 0 Å². The van der Waals surface area contributed by atoms with Crippen LogP contribution in [0.3, 0.4) is 0 Å². The molecule has 0 radical (unpaired) electrons. The highest BCUT2D eigenvalue weighted by Crippen LogP contribution is 2.32. The molecule has 0 aromatic heterocycles. The number of carbonyl (C=O) groups is 1. The predicted molar refractivity (Wildman–Crippen MR) is 72.1 cm³/mol. The van der Waals surface area contributed by atoms with E-state index >= 15 is 0 Å². The highest BCUT2D eigenvalue weighted by Gasteiger charge is 2.34. The Morgan fingerprint density at radius 3 is 2.16 bits per heavy atom. The summed E-state index contributed by atoms with van der Waals surface area (Å²) in [7, 11) is 0. The second kappa shape index (κ2) is 6.31. The average Bonchev–Trinajstić information content (AvgIpc) is 2.40. The number of carboxylic acid groups (broad SMARTS) is 1. The number of nitro benzene ring substituents is 1. The van der Waals surface area contributed by atoms with E-state index in [2.05, 4.69) is 0 Å². The zero-order valence-electron chi connectivity index (χ0n) is 11.3. The molecule has 0 aliphatic carbocycles. The molecule has 0 aliphatic heterocycles. The first kappa shape index (κ1) is 15.1. The summed E-state index contributed by atoms with van der Waals surface area (Å²) >= 11 is 0. The molecule has 0 amide bonds. The first-order valence-electron chi connectivity index (χ1n) is 6.42. The van der Waals surface area contributed by atoms with Crippen molar-refractivity contribution in [3.8, 4) is 0 Å². The summed E-state index contributed by atoms with van der Waals surface area (Å²) < 4.78 is 0. The molecule has 0 atom stereocenters. The van der Waals surface area contributed by atoms with Crippen LogP contribution in [0, 0.1) is 15.5 Å². The largest absolute Gasteiger partial charge is 0.481 e. The lowest BCUT2D eigenvalue weighted by atomic mass is 9.77. The Labute approximate surface area is 112 Å². The first-order valence-corrected chi connectivity index (χ1v) is 6.42. The molecule has 0 spiro atoms. The van der Waals surface area contributed by atoms with Crippen molar-refractivity contribution in [2.75, 3.05) is 0 Å². The maximum Gasteiger partial charge on any atom is 0.309 e. The molecule has 1 aromatic rings. The van der Waals surface area contributed by atoms with E-state index in [1.165, 1.54) is 12.1 Å². The van der Waals surface area contributed by atoms with Gasteiger partial charge in [-0.05, 0) is 31.2 Å². The molecule has 5 heteroatoms. The number of hydrogen-bond donors (Lipinski definition) is 1. The average molecular weight is 265 g/mol. The van der Waals surface area contributed by atoms with Crippen molar-refractivity contribution in [1.29, 1.82) is 0 Å². The van der Waals surface area contributed by atoms with Gasteiger partial charge in [0.1, 0.15) is 0 Å². The molecule has 0 aliphatic rings. The number of carboxylic acids is 1. The van der Waals surface area contributed by atoms with E-state index in [1.54, 1.807) is 12.1 Å². The molecule has 1 N–H and O–H groups in total. The third-order valence-electron chi connectivity index (χ3n) is 3.85. The zero-order chi connectivity index (χ0) is 14.5. The summed E-state index contributed by atoms with van der Waals surface area (Å²) in [4.78, 5) is 21.5. The topological polar surface area (TPSA) is 80.4 Å². The highest BCUT2D eigenvalue weighted by molar-refractivity contribution is 5.74. The van der Waals surface area contributed by atoms with Gasteiger partial charge in [0.05, 0.1) is 10.3 Å². The van der Waals surface area contributed by atoms with Gasteiger partial charge in [0.2, 0.25) is 0 Å². The van der Waals surface area contributed by atoms with Gasteiger partial charge in [0.15, 0.2) is 0 Å². The molecule has 5 nitrogen and oxygen atoms in total. The number of non-ortho nitro benzene ring substituents is 1. The van der Waals surface area contributed by atoms with Gasteiger partial charge < -0.3 is 5.11 Å². The summed E-state index contributed by atoms with van der Waals surface area (Å²) in [6.45, 7) is 3.76. The SMILES string of the molecule is CCC(CC)(CCc1ccc([N+](=O)[O-])cc1)C(=O)O. The van der Waals surface area contributed by atoms with Gasteiger partial charge in [-0.3, -0.25) is 14.9 Å². The van der Waals surface area contributed by atoms with Crippen molar-refractivity contribution in [1.82, 2.24) is 0 Å². The van der Waals surface area contributed by atoms with E-state index in [9.17, 15) is 20.0 Å². The molecule has 0 saturated carbocycles. The number of nitro groups is 1. The van der Waals surface area contributed by atoms with Crippen LogP contribution < -0.4 is 0 Å². The fourth-order valence-corrected chi connectivity index (χ4v) is 2.18. The minimum atomic E-state index is -0.764. The molecule has 0 saturated heterocycles. The number of aliphatic carboxylic acids is 1. The van der Waals surface area contributed by atoms with Gasteiger partial charge in [-0.25, -0.2) is 0 Å². The van der Waals surface area contributed by atoms with Crippen LogP contribution >= 0.6 is 0 Å². The quantitative estimate of drug-likeness (QED) is 0.605. The van der Waals surface area contributed by atoms with Crippen molar-refractivity contribution in [3.63, 3.8) is 0 Å². The molecule has 0 bridgehead atoms. The third kappa shape index (κ3) is 3.53. The maximum absolute atomic E-state index is 11.4. The summed E-state index contributed by atoms with van der Waals surface area (Å²) in [5.74, 6) is -0.764. The van der Waals surface area contributed by atoms with Crippen molar-refractivity contribution in [2.24, 2.45) is 5.41 Å². The van der Waals surface area contributed by atoms with Crippen LogP contribution in [-0.2, 0) is 11.2 Å². The molecule has 0 heterocycles. The van der Waals surface area contributed by atoms with Crippen LogP contribution in [0.5, 0.6) is 0 Å². The lowest BCUT2D eigenvalue weighted by Crippen LogP contribution is -2.30. The molecule has 1 rings (SSSR count). The van der Waals surface area contributed by atoms with Crippen LogP contribution in [0.1, 0.15) is 38.7 Å². The van der Waals surface area contributed by atoms with Crippen molar-refractivity contribution in [3.05, 3.63) is 39.9 Å². The molecule has 0 fully saturated rings. The molecule has 0 unspecified atom stereocenters. The van der Waals surface area contributed by atoms with E-state index in [1.807, 2.05) is 13.8 Å². The van der Waals surface area contributed by atoms with Gasteiger partial charge in [0, 0.05) is 12.1 Å². The smallest absolute Gasteiger partial charge is 0.309 e. The zero-order valence-corrected chi connectivity index (χ0v) is 11.3. The van der Waals surface area contributed by atoms with Gasteiger partial charge in [-0.1, -0.05) is 26.0 Å². The van der Waals surface area contributed by atoms with Crippen LogP contribution in [0.15, 0.2) is 24.3 Å². The number of aryl methyl sites for hydroxylation is 1. The van der Waals surface area contributed by atoms with Crippen molar-refractivity contribution in [2.45, 2.75) is 39.5 Å². The second-order valence-electron chi connectivity index (χ2n) is 4.72. The molecular weight excluding hydrogens is 246 g/mol. The van der Waals surface area contributed by atoms with Crippen molar-refractivity contribution >= 4 is 11.7 Å². The van der Waals surface area contributed by atoms with Crippen LogP contribution in [0.4, 0.5) is 5.69 Å². The monoisotopic (exact) mass is 265 g/mol. The minimum Gasteiger partial charge on any atom is -0.481 e. The Bertz CT molecular complexity index is 449. The van der Waals surface area contributed by atoms with E-state index < -0.39 is 16.3 Å². The molecule has 1 aromatic carbocycles. The Kier molecular flexibility index (Phi) is 5.03. The number of rotatable bonds is 7. The molecule has 104 valence electrons. The van der Waals surface area contributed by atoms with Crippen LogP contribution in [0.2, 0.25) is 0 Å². The number of benzene rings is 1. The first-order chi connectivity index (χ1) is 8.95. The van der Waals surface area contributed by atoms with E-state index in [0.29, 0.717) is 25.7 Å². The van der Waals surface area contributed by atoms with E-state index in [-0.39, 0.29) is 5.69 Å². The van der Waals surface area contributed by atoms with E-state index in [0.717, 1.165) is 5.56 Å². The number of nitrogens with zero attached hydrogens (tertiary/aromatic N) is 1. The van der Waals surface area contributed by atoms with Crippen molar-refractivity contribution < 1.29 is 14.8 Å². The second-order valence-corrected chi connectivity index (χ2v) is 4.72. The molecule has 19 heavy (non-hydrogen) atoms. The van der Waals surface area contributed by atoms with Gasteiger partial charge >= 0.3 is 5.97 Å². The van der Waals surface area contributed by atoms with Gasteiger partial charge in [-0.15, -0.1) is 0 Å². The Morgan fingerprint density at radius 2 is 1.79 bits per heavy atom. The van der Waals surface area contributed by atoms with Gasteiger partial charge in [0.25, 0.3) is 5.69 Å². The Balaban J connectivity index is 2.75. The highest BCUT2D eigenvalue weighted by atomic mass is 16.6. The summed E-state index contributed by atoms with van der Waals surface area (Å²) in [6.07, 6.45) is 2.34. The lowest BCUT2D eigenvalue weighted by molar-refractivity contribution is -0.384. The van der Waals surface area contributed by atoms with E-state index in [4.69, 9.17) is 0 Å². The maximum atomic E-state index is 11.4. The normalized spacial score (nSPS) is 11.3. The summed E-state index contributed by atoms with van der Waals surface area (Å²) in [5.41, 5.74) is 0.291. The minimum absolute atomic E-state index is 0.0548. The molecular formula is C14H19NO4. The van der Waals surface area contributed by atoms with Crippen LogP contribution in [-0.4, -0.2) is 16.0 Å². The van der Waals surface area contributed by atoms with Crippen LogP contribution in [0.25, 0.3) is 0 Å². The Morgan fingerprint density at radius 1 is 1.26 bits per heavy atom. The standard InChI is InChI=1S/C14H19NO4/c1-3-14(4-2,13(16)17)10-9-11-5-7-12(8-6-11)15(18)19/h5-8H,3-4,9-10H2,1-2H3,(H,16,17). The predicted octanol–water partition coefficient (Wildman–Crippen LogP) is 3.42. The summed E-state index contributed by atoms with van der Waals surface area (Å²) in [6, 6.07) is 6.29.